The second-order valence-electron chi connectivity index (χ2n) is 6.53. The van der Waals surface area contributed by atoms with Crippen LogP contribution in [-0.4, -0.2) is 37.2 Å². The van der Waals surface area contributed by atoms with Crippen LogP contribution in [0.25, 0.3) is 0 Å². The van der Waals surface area contributed by atoms with E-state index < -0.39 is 0 Å². The first kappa shape index (κ1) is 21.5. The Balaban J connectivity index is 1.90. The molecule has 8 heteroatoms. The van der Waals surface area contributed by atoms with Gasteiger partial charge in [0.15, 0.2) is 5.75 Å². The quantitative estimate of drug-likeness (QED) is 0.518. The third-order valence-electron chi connectivity index (χ3n) is 4.56. The van der Waals surface area contributed by atoms with Crippen molar-refractivity contribution in [2.24, 2.45) is 0 Å². The van der Waals surface area contributed by atoms with E-state index in [1.165, 1.54) is 7.11 Å². The van der Waals surface area contributed by atoms with Gasteiger partial charge in [-0.25, -0.2) is 0 Å². The van der Waals surface area contributed by atoms with E-state index >= 15 is 0 Å². The molecule has 1 atom stereocenters. The minimum absolute atomic E-state index is 0.0146. The Kier molecular flexibility index (Phi) is 7.35. The van der Waals surface area contributed by atoms with E-state index in [0.29, 0.717) is 41.1 Å². The second kappa shape index (κ2) is 9.55. The average Bonchev–Trinajstić information content (AvgIpc) is 3.15. The molecule has 0 unspecified atom stereocenters. The molecule has 2 aromatic rings. The Morgan fingerprint density at radius 3 is 2.43 bits per heavy atom. The van der Waals surface area contributed by atoms with E-state index in [1.807, 2.05) is 6.07 Å². The normalized spacial score (nSPS) is 16.2. The number of hydrogen-bond donors (Lipinski definition) is 0. The molecule has 2 aromatic carbocycles. The fourth-order valence-electron chi connectivity index (χ4n) is 3.17. The molecule has 1 heterocycles. The topological polar surface area (TPSA) is 38.8 Å². The summed E-state index contributed by atoms with van der Waals surface area (Å²) in [6, 6.07) is 8.34. The minimum atomic E-state index is -0.215. The molecular weight excluding hydrogens is 444 g/mol. The van der Waals surface area contributed by atoms with E-state index in [4.69, 9.17) is 55.9 Å². The van der Waals surface area contributed by atoms with Crippen LogP contribution in [0.2, 0.25) is 20.1 Å². The number of nitrogens with zero attached hydrogens (tertiary/aromatic N) is 1. The number of halogens is 4. The minimum Gasteiger partial charge on any atom is -0.494 e. The lowest BCUT2D eigenvalue weighted by Gasteiger charge is -2.26. The van der Waals surface area contributed by atoms with Gasteiger partial charge in [0.1, 0.15) is 0 Å². The first-order valence-electron chi connectivity index (χ1n) is 8.77. The molecule has 0 saturated carbocycles. The lowest BCUT2D eigenvalue weighted by atomic mass is 10.1. The SMILES string of the molecule is COc1c(Cl)cc(C(=O)N(Cc2ccc(Cl)cc2Cl)C[C@@H]2CCCO2)cc1Cl. The molecular formula is C20H19Cl4NO3. The van der Waals surface area contributed by atoms with Gasteiger partial charge in [0.25, 0.3) is 5.91 Å². The standard InChI is InChI=1S/C20H19Cl4NO3/c1-27-19-17(23)7-13(8-18(19)24)20(26)25(11-15-3-2-6-28-15)10-12-4-5-14(21)9-16(12)22/h4-5,7-9,15H,2-3,6,10-11H2,1H3/t15-/m0/s1. The van der Waals surface area contributed by atoms with Gasteiger partial charge in [-0.15, -0.1) is 0 Å². The van der Waals surface area contributed by atoms with Gasteiger partial charge in [0.2, 0.25) is 0 Å². The number of amides is 1. The summed E-state index contributed by atoms with van der Waals surface area (Å²) in [5.74, 6) is 0.124. The molecule has 0 aromatic heterocycles. The van der Waals surface area contributed by atoms with Crippen LogP contribution in [-0.2, 0) is 11.3 Å². The summed E-state index contributed by atoms with van der Waals surface area (Å²) >= 11 is 24.7. The number of methoxy groups -OCH3 is 1. The van der Waals surface area contributed by atoms with Crippen molar-refractivity contribution in [3.05, 3.63) is 61.5 Å². The summed E-state index contributed by atoms with van der Waals surface area (Å²) in [5, 5.41) is 1.60. The predicted molar refractivity (Wildman–Crippen MR) is 113 cm³/mol. The van der Waals surface area contributed by atoms with Crippen LogP contribution >= 0.6 is 46.4 Å². The zero-order chi connectivity index (χ0) is 20.3. The van der Waals surface area contributed by atoms with Gasteiger partial charge in [-0.2, -0.15) is 0 Å². The monoisotopic (exact) mass is 461 g/mol. The lowest BCUT2D eigenvalue weighted by molar-refractivity contribution is 0.0507. The summed E-state index contributed by atoms with van der Waals surface area (Å²) < 4.78 is 10.9. The van der Waals surface area contributed by atoms with E-state index in [9.17, 15) is 4.79 Å². The highest BCUT2D eigenvalue weighted by atomic mass is 35.5. The number of carbonyl (C=O) groups excluding carboxylic acids is 1. The molecule has 0 N–H and O–H groups in total. The van der Waals surface area contributed by atoms with Crippen molar-refractivity contribution < 1.29 is 14.3 Å². The van der Waals surface area contributed by atoms with E-state index in [2.05, 4.69) is 0 Å². The summed E-state index contributed by atoms with van der Waals surface area (Å²) in [6.45, 7) is 1.46. The molecule has 1 amide bonds. The average molecular weight is 463 g/mol. The van der Waals surface area contributed by atoms with E-state index in [1.54, 1.807) is 29.2 Å². The summed E-state index contributed by atoms with van der Waals surface area (Å²) in [5.41, 5.74) is 1.17. The molecule has 0 radical (unpaired) electrons. The highest BCUT2D eigenvalue weighted by Crippen LogP contribution is 2.34. The van der Waals surface area contributed by atoms with Crippen LogP contribution in [0.1, 0.15) is 28.8 Å². The van der Waals surface area contributed by atoms with Crippen molar-refractivity contribution in [3.63, 3.8) is 0 Å². The molecule has 4 nitrogen and oxygen atoms in total. The maximum Gasteiger partial charge on any atom is 0.254 e. The highest BCUT2D eigenvalue weighted by molar-refractivity contribution is 6.37. The molecule has 1 fully saturated rings. The smallest absolute Gasteiger partial charge is 0.254 e. The fourth-order valence-corrected chi connectivity index (χ4v) is 4.28. The molecule has 0 aliphatic carbocycles. The van der Waals surface area contributed by atoms with Crippen molar-refractivity contribution in [2.45, 2.75) is 25.5 Å². The van der Waals surface area contributed by atoms with Crippen LogP contribution in [0.5, 0.6) is 5.75 Å². The number of ether oxygens (including phenoxy) is 2. The summed E-state index contributed by atoms with van der Waals surface area (Å²) in [7, 11) is 1.47. The van der Waals surface area contributed by atoms with Gasteiger partial charge in [0, 0.05) is 35.3 Å². The number of benzene rings is 2. The Hall–Kier alpha value is -1.17. The van der Waals surface area contributed by atoms with Gasteiger partial charge >= 0.3 is 0 Å². The van der Waals surface area contributed by atoms with Crippen molar-refractivity contribution in [3.8, 4) is 5.75 Å². The maximum absolute atomic E-state index is 13.3. The lowest BCUT2D eigenvalue weighted by Crippen LogP contribution is -2.37. The predicted octanol–water partition coefficient (Wildman–Crippen LogP) is 6.13. The van der Waals surface area contributed by atoms with Gasteiger partial charge in [-0.05, 0) is 42.7 Å². The Morgan fingerprint density at radius 1 is 1.14 bits per heavy atom. The van der Waals surface area contributed by atoms with E-state index in [-0.39, 0.29) is 22.1 Å². The van der Waals surface area contributed by atoms with Crippen LogP contribution in [0.4, 0.5) is 0 Å². The largest absolute Gasteiger partial charge is 0.494 e. The maximum atomic E-state index is 13.3. The van der Waals surface area contributed by atoms with Gasteiger partial charge < -0.3 is 14.4 Å². The molecule has 1 saturated heterocycles. The van der Waals surface area contributed by atoms with Gasteiger partial charge in [-0.3, -0.25) is 4.79 Å². The molecule has 28 heavy (non-hydrogen) atoms. The van der Waals surface area contributed by atoms with Crippen LogP contribution in [0, 0.1) is 0 Å². The first-order valence-corrected chi connectivity index (χ1v) is 10.3. The second-order valence-corrected chi connectivity index (χ2v) is 8.19. The summed E-state index contributed by atoms with van der Waals surface area (Å²) in [4.78, 5) is 15.0. The van der Waals surface area contributed by atoms with Crippen molar-refractivity contribution in [1.29, 1.82) is 0 Å². The molecule has 0 spiro atoms. The van der Waals surface area contributed by atoms with Crippen molar-refractivity contribution in [2.75, 3.05) is 20.3 Å². The molecule has 1 aliphatic heterocycles. The Morgan fingerprint density at radius 2 is 1.86 bits per heavy atom. The summed E-state index contributed by atoms with van der Waals surface area (Å²) in [6.07, 6.45) is 1.87. The highest BCUT2D eigenvalue weighted by Gasteiger charge is 2.25. The number of carbonyl (C=O) groups is 1. The van der Waals surface area contributed by atoms with Crippen molar-refractivity contribution >= 4 is 52.3 Å². The zero-order valence-corrected chi connectivity index (χ0v) is 18.2. The van der Waals surface area contributed by atoms with Crippen LogP contribution in [0.3, 0.4) is 0 Å². The van der Waals surface area contributed by atoms with Crippen LogP contribution in [0.15, 0.2) is 30.3 Å². The van der Waals surface area contributed by atoms with Crippen LogP contribution < -0.4 is 4.74 Å². The van der Waals surface area contributed by atoms with E-state index in [0.717, 1.165) is 18.4 Å². The molecule has 0 bridgehead atoms. The third-order valence-corrected chi connectivity index (χ3v) is 5.71. The van der Waals surface area contributed by atoms with Crippen molar-refractivity contribution in [1.82, 2.24) is 4.90 Å². The third kappa shape index (κ3) is 5.05. The number of hydrogen-bond acceptors (Lipinski definition) is 3. The van der Waals surface area contributed by atoms with Gasteiger partial charge in [0.05, 0.1) is 23.3 Å². The molecule has 3 rings (SSSR count). The Bertz CT molecular complexity index is 846. The fraction of sp³-hybridized carbons (Fsp3) is 0.350. The molecule has 1 aliphatic rings. The Labute approximate surface area is 184 Å². The number of rotatable bonds is 6. The molecule has 150 valence electrons. The zero-order valence-electron chi connectivity index (χ0n) is 15.2. The van der Waals surface area contributed by atoms with Gasteiger partial charge in [-0.1, -0.05) is 52.5 Å². The first-order chi connectivity index (χ1) is 13.4.